The Kier molecular flexibility index (Phi) is 3.99. The largest absolute Gasteiger partial charge is 0.454 e. The van der Waals surface area contributed by atoms with Gasteiger partial charge >= 0.3 is 6.03 Å². The number of nitrogens with zero attached hydrogens (tertiary/aromatic N) is 1. The molecule has 3 aliphatic rings. The maximum atomic E-state index is 12.2. The van der Waals surface area contributed by atoms with Crippen molar-refractivity contribution in [2.24, 2.45) is 0 Å². The van der Waals surface area contributed by atoms with Crippen LogP contribution in [0.4, 0.5) is 4.79 Å². The zero-order chi connectivity index (χ0) is 15.6. The van der Waals surface area contributed by atoms with Gasteiger partial charge in [0.2, 0.25) is 6.79 Å². The van der Waals surface area contributed by atoms with Crippen molar-refractivity contribution in [2.45, 2.75) is 44.3 Å². The number of carbonyl (C=O) groups is 1. The van der Waals surface area contributed by atoms with Crippen LogP contribution in [0.1, 0.15) is 31.2 Å². The Morgan fingerprint density at radius 3 is 3.04 bits per heavy atom. The van der Waals surface area contributed by atoms with Crippen LogP contribution in [-0.4, -0.2) is 42.9 Å². The molecule has 6 nitrogen and oxygen atoms in total. The molecule has 124 valence electrons. The molecule has 2 atom stereocenters. The van der Waals surface area contributed by atoms with Gasteiger partial charge in [-0.3, -0.25) is 4.90 Å². The van der Waals surface area contributed by atoms with E-state index in [0.717, 1.165) is 30.0 Å². The number of nitrogens with one attached hydrogen (secondary N) is 2. The normalized spacial score (nSPS) is 25.9. The van der Waals surface area contributed by atoms with E-state index in [0.29, 0.717) is 12.6 Å². The lowest BCUT2D eigenvalue weighted by atomic mass is 9.99. The fourth-order valence-electron chi connectivity index (χ4n) is 3.87. The highest BCUT2D eigenvalue weighted by atomic mass is 16.7. The summed E-state index contributed by atoms with van der Waals surface area (Å²) in [6, 6.07) is 6.48. The molecule has 3 heterocycles. The summed E-state index contributed by atoms with van der Waals surface area (Å²) in [7, 11) is 0. The number of fused-ring (bicyclic) bond motifs is 2. The Labute approximate surface area is 136 Å². The molecule has 0 unspecified atom stereocenters. The number of amides is 2. The van der Waals surface area contributed by atoms with E-state index >= 15 is 0 Å². The lowest BCUT2D eigenvalue weighted by molar-refractivity contribution is 0.174. The lowest BCUT2D eigenvalue weighted by Gasteiger charge is -2.32. The molecule has 0 spiro atoms. The molecule has 1 aromatic rings. The molecule has 1 aromatic carbocycles. The summed E-state index contributed by atoms with van der Waals surface area (Å²) in [6.45, 7) is 3.05. The number of carbonyl (C=O) groups excluding carboxylic acids is 1. The molecular formula is C17H23N3O3. The lowest BCUT2D eigenvalue weighted by Crippen LogP contribution is -2.49. The van der Waals surface area contributed by atoms with Crippen LogP contribution in [0.25, 0.3) is 0 Å². The van der Waals surface area contributed by atoms with Gasteiger partial charge in [-0.15, -0.1) is 0 Å². The summed E-state index contributed by atoms with van der Waals surface area (Å²) < 4.78 is 10.6. The van der Waals surface area contributed by atoms with Gasteiger partial charge in [-0.05, 0) is 43.5 Å². The predicted octanol–water partition coefficient (Wildman–Crippen LogP) is 1.84. The van der Waals surface area contributed by atoms with Gasteiger partial charge < -0.3 is 20.1 Å². The number of benzene rings is 1. The first-order valence-corrected chi connectivity index (χ1v) is 8.46. The Balaban J connectivity index is 1.29. The Hall–Kier alpha value is -1.95. The van der Waals surface area contributed by atoms with Crippen LogP contribution in [0.5, 0.6) is 11.5 Å². The van der Waals surface area contributed by atoms with Crippen molar-refractivity contribution >= 4 is 6.03 Å². The Morgan fingerprint density at radius 1 is 1.17 bits per heavy atom. The van der Waals surface area contributed by atoms with Crippen LogP contribution in [0.2, 0.25) is 0 Å². The van der Waals surface area contributed by atoms with E-state index < -0.39 is 0 Å². The fraction of sp³-hybridized carbons (Fsp3) is 0.588. The summed E-state index contributed by atoms with van der Waals surface area (Å²) >= 11 is 0. The van der Waals surface area contributed by atoms with Gasteiger partial charge in [-0.1, -0.05) is 12.5 Å². The van der Waals surface area contributed by atoms with E-state index in [2.05, 4.69) is 15.5 Å². The quantitative estimate of drug-likeness (QED) is 0.893. The van der Waals surface area contributed by atoms with Gasteiger partial charge in [-0.25, -0.2) is 4.79 Å². The molecule has 2 amide bonds. The van der Waals surface area contributed by atoms with Crippen LogP contribution in [0.15, 0.2) is 18.2 Å². The first-order chi connectivity index (χ1) is 11.3. The van der Waals surface area contributed by atoms with E-state index in [1.807, 2.05) is 18.2 Å². The summed E-state index contributed by atoms with van der Waals surface area (Å²) in [6.07, 6.45) is 4.83. The minimum absolute atomic E-state index is 0.0832. The summed E-state index contributed by atoms with van der Waals surface area (Å²) in [5.74, 6) is 1.51. The summed E-state index contributed by atoms with van der Waals surface area (Å²) in [5, 5.41) is 6.10. The Bertz CT molecular complexity index is 592. The van der Waals surface area contributed by atoms with Crippen LogP contribution >= 0.6 is 0 Å². The second-order valence-electron chi connectivity index (χ2n) is 6.51. The smallest absolute Gasteiger partial charge is 0.315 e. The minimum Gasteiger partial charge on any atom is -0.454 e. The van der Waals surface area contributed by atoms with Gasteiger partial charge in [0.15, 0.2) is 11.5 Å². The van der Waals surface area contributed by atoms with Crippen LogP contribution in [-0.2, 0) is 6.54 Å². The molecule has 0 aromatic heterocycles. The molecule has 6 heteroatoms. The third-order valence-electron chi connectivity index (χ3n) is 5.06. The molecule has 2 N–H and O–H groups in total. The number of hydrogen-bond acceptors (Lipinski definition) is 4. The number of ether oxygens (including phenoxy) is 2. The fourth-order valence-corrected chi connectivity index (χ4v) is 3.87. The van der Waals surface area contributed by atoms with E-state index in [1.54, 1.807) is 0 Å². The number of urea groups is 1. The summed E-state index contributed by atoms with van der Waals surface area (Å²) in [5.41, 5.74) is 1.01. The number of rotatable bonds is 3. The maximum Gasteiger partial charge on any atom is 0.315 e. The highest BCUT2D eigenvalue weighted by Gasteiger charge is 2.36. The number of hydrogen-bond donors (Lipinski definition) is 2. The second-order valence-corrected chi connectivity index (χ2v) is 6.51. The zero-order valence-corrected chi connectivity index (χ0v) is 13.2. The average molecular weight is 317 g/mol. The van der Waals surface area contributed by atoms with Crippen molar-refractivity contribution in [3.05, 3.63) is 23.8 Å². The van der Waals surface area contributed by atoms with Crippen molar-refractivity contribution < 1.29 is 14.3 Å². The van der Waals surface area contributed by atoms with E-state index in [4.69, 9.17) is 9.47 Å². The SMILES string of the molecule is O=C(NCc1ccc2c(c1)OCO2)N[C@H]1CCN2CCCC[C@H]12. The second kappa shape index (κ2) is 6.28. The molecular weight excluding hydrogens is 294 g/mol. The van der Waals surface area contributed by atoms with Crippen LogP contribution in [0, 0.1) is 0 Å². The van der Waals surface area contributed by atoms with Crippen molar-refractivity contribution in [1.82, 2.24) is 15.5 Å². The highest BCUT2D eigenvalue weighted by molar-refractivity contribution is 5.74. The van der Waals surface area contributed by atoms with E-state index in [-0.39, 0.29) is 18.9 Å². The first-order valence-electron chi connectivity index (χ1n) is 8.46. The molecule has 2 fully saturated rings. The molecule has 3 aliphatic heterocycles. The van der Waals surface area contributed by atoms with Gasteiger partial charge in [-0.2, -0.15) is 0 Å². The maximum absolute atomic E-state index is 12.2. The third kappa shape index (κ3) is 3.08. The number of piperidine rings is 1. The predicted molar refractivity (Wildman–Crippen MR) is 85.6 cm³/mol. The highest BCUT2D eigenvalue weighted by Crippen LogP contribution is 2.32. The molecule has 23 heavy (non-hydrogen) atoms. The Morgan fingerprint density at radius 2 is 2.09 bits per heavy atom. The van der Waals surface area contributed by atoms with Crippen molar-refractivity contribution in [3.63, 3.8) is 0 Å². The van der Waals surface area contributed by atoms with Crippen molar-refractivity contribution in [2.75, 3.05) is 19.9 Å². The van der Waals surface area contributed by atoms with E-state index in [9.17, 15) is 4.79 Å². The first kappa shape index (κ1) is 14.6. The summed E-state index contributed by atoms with van der Waals surface area (Å²) in [4.78, 5) is 14.7. The van der Waals surface area contributed by atoms with Crippen molar-refractivity contribution in [1.29, 1.82) is 0 Å². The van der Waals surface area contributed by atoms with Crippen LogP contribution < -0.4 is 20.1 Å². The molecule has 4 rings (SSSR count). The van der Waals surface area contributed by atoms with E-state index in [1.165, 1.54) is 25.8 Å². The molecule has 2 saturated heterocycles. The molecule has 0 radical (unpaired) electrons. The third-order valence-corrected chi connectivity index (χ3v) is 5.06. The van der Waals surface area contributed by atoms with Gasteiger partial charge in [0.25, 0.3) is 0 Å². The van der Waals surface area contributed by atoms with Gasteiger partial charge in [0.05, 0.1) is 0 Å². The molecule has 0 aliphatic carbocycles. The van der Waals surface area contributed by atoms with Crippen molar-refractivity contribution in [3.8, 4) is 11.5 Å². The molecule has 0 saturated carbocycles. The minimum atomic E-state index is -0.0832. The topological polar surface area (TPSA) is 62.8 Å². The zero-order valence-electron chi connectivity index (χ0n) is 13.2. The van der Waals surface area contributed by atoms with Gasteiger partial charge in [0, 0.05) is 25.2 Å². The standard InChI is InChI=1S/C17H23N3O3/c21-17(19-13-6-8-20-7-2-1-3-14(13)20)18-10-12-4-5-15-16(9-12)23-11-22-15/h4-5,9,13-14H,1-3,6-8,10-11H2,(H2,18,19,21)/t13-,14+/m0/s1. The monoisotopic (exact) mass is 317 g/mol. The average Bonchev–Trinajstić information content (AvgIpc) is 3.20. The van der Waals surface area contributed by atoms with Crippen LogP contribution in [0.3, 0.4) is 0 Å². The molecule has 0 bridgehead atoms. The van der Waals surface area contributed by atoms with Gasteiger partial charge in [0.1, 0.15) is 0 Å².